The molecule has 2 amide bonds. The van der Waals surface area contributed by atoms with Crippen LogP contribution in [0.25, 0.3) is 0 Å². The van der Waals surface area contributed by atoms with Gasteiger partial charge < -0.3 is 15.4 Å². The SMILES string of the molecule is CCOc1ccc(NC(=O)CSCc2ccc(C(=O)Nc3ccccc3)cc2)cc1. The number of thioether (sulfide) groups is 1. The highest BCUT2D eigenvalue weighted by atomic mass is 32.2. The van der Waals surface area contributed by atoms with Crippen LogP contribution in [0.4, 0.5) is 11.4 Å². The van der Waals surface area contributed by atoms with E-state index in [4.69, 9.17) is 4.74 Å². The van der Waals surface area contributed by atoms with Crippen LogP contribution in [-0.4, -0.2) is 24.2 Å². The van der Waals surface area contributed by atoms with Crippen LogP contribution in [0.3, 0.4) is 0 Å². The molecular formula is C24H24N2O3S. The Kier molecular flexibility index (Phi) is 7.92. The second-order valence-corrected chi connectivity index (χ2v) is 7.50. The molecule has 0 saturated heterocycles. The smallest absolute Gasteiger partial charge is 0.255 e. The van der Waals surface area contributed by atoms with Crippen molar-refractivity contribution in [1.82, 2.24) is 0 Å². The van der Waals surface area contributed by atoms with Gasteiger partial charge in [0.05, 0.1) is 12.4 Å². The Balaban J connectivity index is 1.42. The van der Waals surface area contributed by atoms with Crippen molar-refractivity contribution in [2.24, 2.45) is 0 Å². The van der Waals surface area contributed by atoms with E-state index in [-0.39, 0.29) is 11.8 Å². The first-order valence-corrected chi connectivity index (χ1v) is 10.9. The number of benzene rings is 3. The molecule has 0 fully saturated rings. The second-order valence-electron chi connectivity index (χ2n) is 6.52. The number of amides is 2. The van der Waals surface area contributed by atoms with Crippen LogP contribution < -0.4 is 15.4 Å². The summed E-state index contributed by atoms with van der Waals surface area (Å²) in [5, 5.41) is 5.74. The van der Waals surface area contributed by atoms with Crippen molar-refractivity contribution in [3.05, 3.63) is 90.0 Å². The lowest BCUT2D eigenvalue weighted by atomic mass is 10.1. The predicted molar refractivity (Wildman–Crippen MR) is 123 cm³/mol. The molecule has 5 nitrogen and oxygen atoms in total. The Morgan fingerprint density at radius 2 is 1.50 bits per heavy atom. The Labute approximate surface area is 180 Å². The van der Waals surface area contributed by atoms with Crippen molar-refractivity contribution in [3.8, 4) is 5.75 Å². The third-order valence-corrected chi connectivity index (χ3v) is 5.20. The van der Waals surface area contributed by atoms with Crippen LogP contribution in [0.15, 0.2) is 78.9 Å². The first-order valence-electron chi connectivity index (χ1n) is 9.70. The molecule has 154 valence electrons. The molecule has 0 unspecified atom stereocenters. The van der Waals surface area contributed by atoms with Crippen molar-refractivity contribution in [3.63, 3.8) is 0 Å². The number of para-hydroxylation sites is 1. The van der Waals surface area contributed by atoms with Gasteiger partial charge in [0, 0.05) is 22.7 Å². The van der Waals surface area contributed by atoms with Crippen LogP contribution in [0.1, 0.15) is 22.8 Å². The van der Waals surface area contributed by atoms with Crippen LogP contribution in [0, 0.1) is 0 Å². The zero-order valence-corrected chi connectivity index (χ0v) is 17.6. The Morgan fingerprint density at radius 3 is 2.17 bits per heavy atom. The van der Waals surface area contributed by atoms with Crippen molar-refractivity contribution in [1.29, 1.82) is 0 Å². The fraction of sp³-hybridized carbons (Fsp3) is 0.167. The van der Waals surface area contributed by atoms with Gasteiger partial charge in [-0.05, 0) is 61.0 Å². The zero-order valence-electron chi connectivity index (χ0n) is 16.8. The summed E-state index contributed by atoms with van der Waals surface area (Å²) in [6.07, 6.45) is 0. The van der Waals surface area contributed by atoms with Crippen molar-refractivity contribution < 1.29 is 14.3 Å². The van der Waals surface area contributed by atoms with Gasteiger partial charge >= 0.3 is 0 Å². The van der Waals surface area contributed by atoms with Gasteiger partial charge in [-0.15, -0.1) is 11.8 Å². The molecule has 2 N–H and O–H groups in total. The maximum Gasteiger partial charge on any atom is 0.255 e. The highest BCUT2D eigenvalue weighted by Gasteiger charge is 2.07. The summed E-state index contributed by atoms with van der Waals surface area (Å²) in [7, 11) is 0. The molecule has 6 heteroatoms. The molecule has 0 aliphatic carbocycles. The number of ether oxygens (including phenoxy) is 1. The van der Waals surface area contributed by atoms with E-state index in [0.29, 0.717) is 23.7 Å². The number of anilines is 2. The van der Waals surface area contributed by atoms with E-state index in [1.54, 1.807) is 12.1 Å². The molecular weight excluding hydrogens is 396 g/mol. The van der Waals surface area contributed by atoms with E-state index in [0.717, 1.165) is 22.7 Å². The van der Waals surface area contributed by atoms with E-state index in [1.807, 2.05) is 73.7 Å². The molecule has 0 aliphatic heterocycles. The summed E-state index contributed by atoms with van der Waals surface area (Å²) in [6, 6.07) is 24.1. The molecule has 3 aromatic carbocycles. The summed E-state index contributed by atoms with van der Waals surface area (Å²) < 4.78 is 5.39. The van der Waals surface area contributed by atoms with Gasteiger partial charge in [0.25, 0.3) is 5.91 Å². The Hall–Kier alpha value is -3.25. The molecule has 0 radical (unpaired) electrons. The molecule has 0 bridgehead atoms. The number of hydrogen-bond acceptors (Lipinski definition) is 4. The van der Waals surface area contributed by atoms with Gasteiger partial charge in [-0.1, -0.05) is 30.3 Å². The molecule has 0 spiro atoms. The third kappa shape index (κ3) is 6.67. The molecule has 30 heavy (non-hydrogen) atoms. The predicted octanol–water partition coefficient (Wildman–Crippen LogP) is 5.21. The highest BCUT2D eigenvalue weighted by Crippen LogP contribution is 2.17. The number of carbonyl (C=O) groups excluding carboxylic acids is 2. The maximum atomic E-state index is 12.3. The molecule has 3 rings (SSSR count). The number of hydrogen-bond donors (Lipinski definition) is 2. The monoisotopic (exact) mass is 420 g/mol. The quantitative estimate of drug-likeness (QED) is 0.499. The van der Waals surface area contributed by atoms with E-state index in [9.17, 15) is 9.59 Å². The summed E-state index contributed by atoms with van der Waals surface area (Å²) in [6.45, 7) is 2.54. The van der Waals surface area contributed by atoms with Crippen LogP contribution >= 0.6 is 11.8 Å². The zero-order chi connectivity index (χ0) is 21.2. The third-order valence-electron chi connectivity index (χ3n) is 4.20. The average Bonchev–Trinajstić information content (AvgIpc) is 2.76. The van der Waals surface area contributed by atoms with E-state index in [1.165, 1.54) is 11.8 Å². The molecule has 0 aromatic heterocycles. The fourth-order valence-electron chi connectivity index (χ4n) is 2.74. The molecule has 0 atom stereocenters. The first-order chi connectivity index (χ1) is 14.6. The first kappa shape index (κ1) is 21.5. The summed E-state index contributed by atoms with van der Waals surface area (Å²) in [5.41, 5.74) is 3.17. The number of nitrogens with one attached hydrogen (secondary N) is 2. The van der Waals surface area contributed by atoms with E-state index < -0.39 is 0 Å². The molecule has 3 aromatic rings. The van der Waals surface area contributed by atoms with Crippen LogP contribution in [0.5, 0.6) is 5.75 Å². The minimum absolute atomic E-state index is 0.0528. The highest BCUT2D eigenvalue weighted by molar-refractivity contribution is 7.99. The van der Waals surface area contributed by atoms with Crippen molar-refractivity contribution in [2.75, 3.05) is 23.0 Å². The summed E-state index contributed by atoms with van der Waals surface area (Å²) in [5.74, 6) is 1.63. The van der Waals surface area contributed by atoms with Crippen LogP contribution in [-0.2, 0) is 10.5 Å². The minimum atomic E-state index is -0.143. The average molecular weight is 421 g/mol. The van der Waals surface area contributed by atoms with Gasteiger partial charge in [-0.25, -0.2) is 0 Å². The van der Waals surface area contributed by atoms with Crippen molar-refractivity contribution in [2.45, 2.75) is 12.7 Å². The minimum Gasteiger partial charge on any atom is -0.494 e. The Morgan fingerprint density at radius 1 is 0.833 bits per heavy atom. The summed E-state index contributed by atoms with van der Waals surface area (Å²) in [4.78, 5) is 24.4. The fourth-order valence-corrected chi connectivity index (χ4v) is 3.52. The van der Waals surface area contributed by atoms with Gasteiger partial charge in [0.15, 0.2) is 0 Å². The standard InChI is InChI=1S/C24H24N2O3S/c1-2-29-22-14-12-21(13-15-22)25-23(27)17-30-16-18-8-10-19(11-9-18)24(28)26-20-6-4-3-5-7-20/h3-15H,2,16-17H2,1H3,(H,25,27)(H,26,28). The number of rotatable bonds is 9. The van der Waals surface area contributed by atoms with Gasteiger partial charge in [0.1, 0.15) is 5.75 Å². The topological polar surface area (TPSA) is 67.4 Å². The molecule has 0 heterocycles. The lowest BCUT2D eigenvalue weighted by Gasteiger charge is -2.08. The number of carbonyl (C=O) groups is 2. The van der Waals surface area contributed by atoms with E-state index in [2.05, 4.69) is 10.6 Å². The largest absolute Gasteiger partial charge is 0.494 e. The maximum absolute atomic E-state index is 12.3. The lowest BCUT2D eigenvalue weighted by Crippen LogP contribution is -2.14. The van der Waals surface area contributed by atoms with E-state index >= 15 is 0 Å². The van der Waals surface area contributed by atoms with Crippen molar-refractivity contribution >= 4 is 35.0 Å². The second kappa shape index (κ2) is 11.1. The normalized spacial score (nSPS) is 10.3. The van der Waals surface area contributed by atoms with Gasteiger partial charge in [0.2, 0.25) is 5.91 Å². The van der Waals surface area contributed by atoms with Gasteiger partial charge in [-0.3, -0.25) is 9.59 Å². The van der Waals surface area contributed by atoms with Crippen LogP contribution in [0.2, 0.25) is 0 Å². The molecule has 0 saturated carbocycles. The lowest BCUT2D eigenvalue weighted by molar-refractivity contribution is -0.113. The van der Waals surface area contributed by atoms with Gasteiger partial charge in [-0.2, -0.15) is 0 Å². The Bertz CT molecular complexity index is 958. The molecule has 0 aliphatic rings. The summed E-state index contributed by atoms with van der Waals surface area (Å²) >= 11 is 1.52.